The maximum absolute atomic E-state index is 13.5. The molecule has 0 aromatic heterocycles. The Morgan fingerprint density at radius 3 is 2.59 bits per heavy atom. The molecule has 94 valence electrons. The van der Waals surface area contributed by atoms with Crippen LogP contribution in [-0.4, -0.2) is 20.7 Å². The average Bonchev–Trinajstić information content (AvgIpc) is 3.02. The first-order valence-corrected chi connectivity index (χ1v) is 7.53. The molecule has 0 spiro atoms. The van der Waals surface area contributed by atoms with Crippen LogP contribution in [0.5, 0.6) is 0 Å². The minimum atomic E-state index is -3.29. The van der Waals surface area contributed by atoms with Crippen molar-refractivity contribution in [1.82, 2.24) is 0 Å². The van der Waals surface area contributed by atoms with Crippen molar-refractivity contribution in [1.29, 1.82) is 0 Å². The minimum Gasteiger partial charge on any atom is -0.380 e. The lowest BCUT2D eigenvalue weighted by atomic mass is 10.2. The molecule has 1 saturated carbocycles. The number of hydrogen-bond acceptors (Lipinski definition) is 3. The Labute approximate surface area is 101 Å². The molecule has 17 heavy (non-hydrogen) atoms. The van der Waals surface area contributed by atoms with Crippen LogP contribution < -0.4 is 5.32 Å². The van der Waals surface area contributed by atoms with Crippen molar-refractivity contribution in [3.63, 3.8) is 0 Å². The van der Waals surface area contributed by atoms with E-state index < -0.39 is 15.7 Å². The molecule has 1 atom stereocenters. The fourth-order valence-corrected chi connectivity index (χ4v) is 2.45. The van der Waals surface area contributed by atoms with E-state index in [0.717, 1.165) is 19.1 Å². The second-order valence-corrected chi connectivity index (χ2v) is 6.70. The van der Waals surface area contributed by atoms with Crippen molar-refractivity contribution >= 4 is 15.5 Å². The molecule has 5 heteroatoms. The van der Waals surface area contributed by atoms with Crippen LogP contribution in [-0.2, 0) is 9.84 Å². The molecule has 0 amide bonds. The van der Waals surface area contributed by atoms with Crippen molar-refractivity contribution in [2.75, 3.05) is 11.6 Å². The average molecular weight is 257 g/mol. The maximum Gasteiger partial charge on any atom is 0.175 e. The van der Waals surface area contributed by atoms with E-state index >= 15 is 0 Å². The summed E-state index contributed by atoms with van der Waals surface area (Å²) < 4.78 is 36.3. The molecule has 0 saturated heterocycles. The number of halogens is 1. The van der Waals surface area contributed by atoms with E-state index in [2.05, 4.69) is 5.32 Å². The summed E-state index contributed by atoms with van der Waals surface area (Å²) in [6.07, 6.45) is 3.43. The summed E-state index contributed by atoms with van der Waals surface area (Å²) in [7, 11) is -3.29. The summed E-state index contributed by atoms with van der Waals surface area (Å²) in [4.78, 5) is 0.143. The summed E-state index contributed by atoms with van der Waals surface area (Å²) in [5.74, 6) is 0.168. The van der Waals surface area contributed by atoms with Crippen LogP contribution in [0.3, 0.4) is 0 Å². The van der Waals surface area contributed by atoms with E-state index in [1.54, 1.807) is 0 Å². The van der Waals surface area contributed by atoms with Gasteiger partial charge in [0.05, 0.1) is 10.6 Å². The van der Waals surface area contributed by atoms with Gasteiger partial charge in [0.2, 0.25) is 0 Å². The van der Waals surface area contributed by atoms with Gasteiger partial charge in [-0.1, -0.05) is 0 Å². The Morgan fingerprint density at radius 1 is 1.41 bits per heavy atom. The molecular weight excluding hydrogens is 241 g/mol. The van der Waals surface area contributed by atoms with Crippen LogP contribution in [0.4, 0.5) is 10.1 Å². The van der Waals surface area contributed by atoms with Crippen LogP contribution in [0.1, 0.15) is 19.8 Å². The lowest BCUT2D eigenvalue weighted by molar-refractivity contribution is 0.599. The van der Waals surface area contributed by atoms with E-state index in [1.165, 1.54) is 18.2 Å². The maximum atomic E-state index is 13.5. The topological polar surface area (TPSA) is 46.2 Å². The van der Waals surface area contributed by atoms with E-state index in [-0.39, 0.29) is 16.6 Å². The van der Waals surface area contributed by atoms with Crippen molar-refractivity contribution in [3.8, 4) is 0 Å². The van der Waals surface area contributed by atoms with Crippen molar-refractivity contribution in [2.24, 2.45) is 5.92 Å². The largest absolute Gasteiger partial charge is 0.380 e. The standard InChI is InChI=1S/C12H16FNO2S/c1-8(9-3-4-9)14-12-7-10(17(2,15)16)5-6-11(12)13/h5-9,14H,3-4H2,1-2H3. The van der Waals surface area contributed by atoms with Gasteiger partial charge in [-0.3, -0.25) is 0 Å². The molecule has 2 rings (SSSR count). The van der Waals surface area contributed by atoms with Crippen LogP contribution in [0.25, 0.3) is 0 Å². The zero-order chi connectivity index (χ0) is 12.6. The smallest absolute Gasteiger partial charge is 0.175 e. The zero-order valence-corrected chi connectivity index (χ0v) is 10.7. The normalized spacial score (nSPS) is 17.8. The first kappa shape index (κ1) is 12.4. The monoisotopic (exact) mass is 257 g/mol. The molecule has 0 aliphatic heterocycles. The van der Waals surface area contributed by atoms with E-state index in [9.17, 15) is 12.8 Å². The quantitative estimate of drug-likeness (QED) is 0.843. The van der Waals surface area contributed by atoms with Gasteiger partial charge in [-0.25, -0.2) is 12.8 Å². The predicted octanol–water partition coefficient (Wildman–Crippen LogP) is 2.44. The Hall–Kier alpha value is -1.10. The highest BCUT2D eigenvalue weighted by atomic mass is 32.2. The van der Waals surface area contributed by atoms with Crippen LogP contribution in [0, 0.1) is 11.7 Å². The number of benzene rings is 1. The molecule has 1 aliphatic rings. The molecule has 0 heterocycles. The number of nitrogens with one attached hydrogen (secondary N) is 1. The molecule has 1 aliphatic carbocycles. The number of anilines is 1. The minimum absolute atomic E-state index is 0.143. The van der Waals surface area contributed by atoms with Gasteiger partial charge in [0.25, 0.3) is 0 Å². The fraction of sp³-hybridized carbons (Fsp3) is 0.500. The first-order chi connectivity index (χ1) is 7.88. The van der Waals surface area contributed by atoms with E-state index in [4.69, 9.17) is 0 Å². The highest BCUT2D eigenvalue weighted by Gasteiger charge is 2.28. The van der Waals surface area contributed by atoms with Crippen LogP contribution in [0.15, 0.2) is 23.1 Å². The number of rotatable bonds is 4. The highest BCUT2D eigenvalue weighted by molar-refractivity contribution is 7.90. The van der Waals surface area contributed by atoms with E-state index in [0.29, 0.717) is 5.92 Å². The summed E-state index contributed by atoms with van der Waals surface area (Å²) in [6.45, 7) is 1.99. The van der Waals surface area contributed by atoms with Gasteiger partial charge in [-0.15, -0.1) is 0 Å². The molecule has 3 nitrogen and oxygen atoms in total. The van der Waals surface area contributed by atoms with Crippen molar-refractivity contribution in [2.45, 2.75) is 30.7 Å². The second-order valence-electron chi connectivity index (χ2n) is 4.68. The summed E-state index contributed by atoms with van der Waals surface area (Å²) in [6, 6.07) is 4.03. The molecule has 1 N–H and O–H groups in total. The SMILES string of the molecule is CC(Nc1cc(S(C)(=O)=O)ccc1F)C1CC1. The number of sulfone groups is 1. The summed E-state index contributed by atoms with van der Waals surface area (Å²) >= 11 is 0. The van der Waals surface area contributed by atoms with Gasteiger partial charge in [0, 0.05) is 12.3 Å². The molecule has 1 aromatic rings. The lowest BCUT2D eigenvalue weighted by Crippen LogP contribution is -2.18. The molecule has 1 unspecified atom stereocenters. The molecule has 1 fully saturated rings. The van der Waals surface area contributed by atoms with E-state index in [1.807, 2.05) is 6.92 Å². The second kappa shape index (κ2) is 4.29. The van der Waals surface area contributed by atoms with Gasteiger partial charge in [-0.05, 0) is 43.9 Å². The van der Waals surface area contributed by atoms with Crippen molar-refractivity contribution in [3.05, 3.63) is 24.0 Å². The third kappa shape index (κ3) is 2.97. The van der Waals surface area contributed by atoms with Gasteiger partial charge in [0.1, 0.15) is 5.82 Å². The van der Waals surface area contributed by atoms with Gasteiger partial charge in [0.15, 0.2) is 9.84 Å². The van der Waals surface area contributed by atoms with Crippen molar-refractivity contribution < 1.29 is 12.8 Å². The van der Waals surface area contributed by atoms with Gasteiger partial charge >= 0.3 is 0 Å². The molecule has 0 bridgehead atoms. The molecular formula is C12H16FNO2S. The van der Waals surface area contributed by atoms with Gasteiger partial charge < -0.3 is 5.32 Å². The van der Waals surface area contributed by atoms with Crippen LogP contribution in [0.2, 0.25) is 0 Å². The summed E-state index contributed by atoms with van der Waals surface area (Å²) in [5, 5.41) is 3.05. The summed E-state index contributed by atoms with van der Waals surface area (Å²) in [5.41, 5.74) is 0.271. The Morgan fingerprint density at radius 2 is 2.06 bits per heavy atom. The third-order valence-corrected chi connectivity index (χ3v) is 4.19. The lowest BCUT2D eigenvalue weighted by Gasteiger charge is -2.15. The van der Waals surface area contributed by atoms with Gasteiger partial charge in [-0.2, -0.15) is 0 Å². The molecule has 0 radical (unpaired) electrons. The predicted molar refractivity (Wildman–Crippen MR) is 65.3 cm³/mol. The zero-order valence-electron chi connectivity index (χ0n) is 9.90. The highest BCUT2D eigenvalue weighted by Crippen LogP contribution is 2.34. The Balaban J connectivity index is 2.25. The van der Waals surface area contributed by atoms with Crippen LogP contribution >= 0.6 is 0 Å². The Kier molecular flexibility index (Phi) is 3.12. The number of hydrogen-bond donors (Lipinski definition) is 1. The first-order valence-electron chi connectivity index (χ1n) is 5.64. The fourth-order valence-electron chi connectivity index (χ4n) is 1.80. The Bertz CT molecular complexity index is 523. The molecule has 1 aromatic carbocycles. The third-order valence-electron chi connectivity index (χ3n) is 3.08.